The zero-order valence-corrected chi connectivity index (χ0v) is 8.25. The van der Waals surface area contributed by atoms with Crippen molar-refractivity contribution in [3.63, 3.8) is 0 Å². The van der Waals surface area contributed by atoms with Gasteiger partial charge in [-0.15, -0.1) is 5.10 Å². The van der Waals surface area contributed by atoms with Crippen LogP contribution in [0.3, 0.4) is 0 Å². The van der Waals surface area contributed by atoms with E-state index in [4.69, 9.17) is 0 Å². The number of anilines is 1. The summed E-state index contributed by atoms with van der Waals surface area (Å²) < 4.78 is 0. The van der Waals surface area contributed by atoms with Crippen molar-refractivity contribution in [3.05, 3.63) is 46.4 Å². The molecule has 0 saturated carbocycles. The number of hydrogen-bond donors (Lipinski definition) is 2. The Morgan fingerprint density at radius 1 is 1.50 bits per heavy atom. The number of H-pyrrole nitrogens is 1. The number of pyridine rings is 1. The van der Waals surface area contributed by atoms with E-state index in [1.54, 1.807) is 18.5 Å². The van der Waals surface area contributed by atoms with Gasteiger partial charge in [0.05, 0.1) is 0 Å². The maximum Gasteiger partial charge on any atom is 0.366 e. The summed E-state index contributed by atoms with van der Waals surface area (Å²) in [6.45, 7) is 0.466. The molecule has 0 aliphatic rings. The summed E-state index contributed by atoms with van der Waals surface area (Å²) in [7, 11) is 0. The van der Waals surface area contributed by atoms with Crippen LogP contribution >= 0.6 is 0 Å². The van der Waals surface area contributed by atoms with Crippen molar-refractivity contribution in [2.24, 2.45) is 0 Å². The first-order chi connectivity index (χ1) is 7.77. The second-order valence-corrected chi connectivity index (χ2v) is 3.10. The second-order valence-electron chi connectivity index (χ2n) is 3.10. The molecule has 0 aromatic carbocycles. The van der Waals surface area contributed by atoms with Gasteiger partial charge < -0.3 is 15.4 Å². The molecule has 0 saturated heterocycles. The molecule has 0 aliphatic heterocycles. The Labute approximate surface area is 90.7 Å². The van der Waals surface area contributed by atoms with Crippen LogP contribution < -0.4 is 5.32 Å². The van der Waals surface area contributed by atoms with E-state index in [1.807, 2.05) is 6.07 Å². The van der Waals surface area contributed by atoms with Gasteiger partial charge in [0.25, 0.3) is 0 Å². The van der Waals surface area contributed by atoms with E-state index in [9.17, 15) is 10.1 Å². The van der Waals surface area contributed by atoms with Gasteiger partial charge in [0.1, 0.15) is 6.20 Å². The van der Waals surface area contributed by atoms with E-state index in [-0.39, 0.29) is 5.82 Å². The fraction of sp³-hybridized carbons (Fsp3) is 0.111. The second kappa shape index (κ2) is 4.39. The van der Waals surface area contributed by atoms with Crippen molar-refractivity contribution in [1.82, 2.24) is 15.2 Å². The molecule has 16 heavy (non-hydrogen) atoms. The van der Waals surface area contributed by atoms with Crippen LogP contribution in [0.4, 0.5) is 11.5 Å². The third-order valence-corrected chi connectivity index (χ3v) is 2.01. The summed E-state index contributed by atoms with van der Waals surface area (Å²) >= 11 is 0. The van der Waals surface area contributed by atoms with Crippen molar-refractivity contribution in [2.75, 3.05) is 5.32 Å². The largest absolute Gasteiger partial charge is 0.373 e. The molecule has 0 fully saturated rings. The molecule has 0 amide bonds. The minimum Gasteiger partial charge on any atom is -0.373 e. The lowest BCUT2D eigenvalue weighted by molar-refractivity contribution is -0.388. The highest BCUT2D eigenvalue weighted by molar-refractivity contribution is 5.55. The average molecular weight is 219 g/mol. The molecule has 2 heterocycles. The van der Waals surface area contributed by atoms with Crippen molar-refractivity contribution in [1.29, 1.82) is 0 Å². The molecule has 2 N–H and O–H groups in total. The van der Waals surface area contributed by atoms with Crippen LogP contribution in [0.1, 0.15) is 5.56 Å². The van der Waals surface area contributed by atoms with Gasteiger partial charge in [-0.05, 0) is 16.6 Å². The number of hydrogen-bond acceptors (Lipinski definition) is 5. The summed E-state index contributed by atoms with van der Waals surface area (Å²) in [5, 5.41) is 19.4. The monoisotopic (exact) mass is 219 g/mol. The fourth-order valence-corrected chi connectivity index (χ4v) is 1.25. The normalized spacial score (nSPS) is 10.0. The molecule has 82 valence electrons. The summed E-state index contributed by atoms with van der Waals surface area (Å²) in [5.41, 5.74) is 1.31. The predicted molar refractivity (Wildman–Crippen MR) is 56.8 cm³/mol. The van der Waals surface area contributed by atoms with Crippen molar-refractivity contribution in [2.45, 2.75) is 6.54 Å². The molecule has 7 heteroatoms. The Morgan fingerprint density at radius 3 is 3.06 bits per heavy atom. The van der Waals surface area contributed by atoms with Gasteiger partial charge in [0.15, 0.2) is 5.69 Å². The number of nitrogens with zero attached hydrogens (tertiary/aromatic N) is 3. The van der Waals surface area contributed by atoms with E-state index in [2.05, 4.69) is 20.5 Å². The minimum atomic E-state index is -0.515. The SMILES string of the molecule is O=[N+]([O-])c1[nH]ncc1NCc1cccnc1. The van der Waals surface area contributed by atoms with Crippen molar-refractivity contribution >= 4 is 11.5 Å². The van der Waals surface area contributed by atoms with Gasteiger partial charge in [0.2, 0.25) is 0 Å². The fourth-order valence-electron chi connectivity index (χ4n) is 1.25. The number of aromatic nitrogens is 3. The Hall–Kier alpha value is -2.44. The lowest BCUT2D eigenvalue weighted by Gasteiger charge is -2.02. The molecule has 2 rings (SSSR count). The van der Waals surface area contributed by atoms with Gasteiger partial charge in [-0.25, -0.2) is 0 Å². The molecule has 0 atom stereocenters. The lowest BCUT2D eigenvalue weighted by atomic mass is 10.3. The van der Waals surface area contributed by atoms with Crippen LogP contribution in [0.25, 0.3) is 0 Å². The Bertz CT molecular complexity index is 482. The van der Waals surface area contributed by atoms with Gasteiger partial charge >= 0.3 is 5.82 Å². The topological polar surface area (TPSA) is 96.7 Å². The average Bonchev–Trinajstić information content (AvgIpc) is 2.76. The first-order valence-electron chi connectivity index (χ1n) is 4.58. The highest BCUT2D eigenvalue weighted by Crippen LogP contribution is 2.20. The third kappa shape index (κ3) is 2.14. The molecule has 2 aromatic heterocycles. The van der Waals surface area contributed by atoms with Gasteiger partial charge in [-0.3, -0.25) is 4.98 Å². The number of aromatic amines is 1. The maximum absolute atomic E-state index is 10.6. The van der Waals surface area contributed by atoms with E-state index < -0.39 is 4.92 Å². The summed E-state index contributed by atoms with van der Waals surface area (Å²) in [6, 6.07) is 3.69. The third-order valence-electron chi connectivity index (χ3n) is 2.01. The van der Waals surface area contributed by atoms with Crippen LogP contribution in [-0.4, -0.2) is 20.1 Å². The molecule has 0 aliphatic carbocycles. The molecule has 0 bridgehead atoms. The summed E-state index contributed by atoms with van der Waals surface area (Å²) in [6.07, 6.45) is 4.75. The van der Waals surface area contributed by atoms with E-state index in [1.165, 1.54) is 6.20 Å². The number of nitrogens with one attached hydrogen (secondary N) is 2. The lowest BCUT2D eigenvalue weighted by Crippen LogP contribution is -2.01. The van der Waals surface area contributed by atoms with E-state index in [0.29, 0.717) is 12.2 Å². The predicted octanol–water partition coefficient (Wildman–Crippen LogP) is 1.32. The zero-order chi connectivity index (χ0) is 11.4. The highest BCUT2D eigenvalue weighted by atomic mass is 16.6. The minimum absolute atomic E-state index is 0.135. The molecule has 0 radical (unpaired) electrons. The Balaban J connectivity index is 2.05. The maximum atomic E-state index is 10.6. The van der Waals surface area contributed by atoms with Crippen LogP contribution in [0.2, 0.25) is 0 Å². The van der Waals surface area contributed by atoms with Gasteiger partial charge in [-0.2, -0.15) is 0 Å². The standard InChI is InChI=1S/C9H9N5O2/c15-14(16)9-8(6-12-13-9)11-5-7-2-1-3-10-4-7/h1-4,6,11H,5H2,(H,12,13). The molecule has 0 spiro atoms. The van der Waals surface area contributed by atoms with Crippen LogP contribution in [0.5, 0.6) is 0 Å². The van der Waals surface area contributed by atoms with Crippen molar-refractivity contribution in [3.8, 4) is 0 Å². The van der Waals surface area contributed by atoms with Crippen LogP contribution in [0, 0.1) is 10.1 Å². The zero-order valence-electron chi connectivity index (χ0n) is 8.25. The quantitative estimate of drug-likeness (QED) is 0.597. The van der Waals surface area contributed by atoms with Gasteiger partial charge in [0, 0.05) is 18.9 Å². The van der Waals surface area contributed by atoms with Crippen molar-refractivity contribution < 1.29 is 4.92 Å². The molecule has 0 unspecified atom stereocenters. The van der Waals surface area contributed by atoms with Gasteiger partial charge in [-0.1, -0.05) is 11.2 Å². The number of rotatable bonds is 4. The first-order valence-corrected chi connectivity index (χ1v) is 4.58. The van der Waals surface area contributed by atoms with E-state index >= 15 is 0 Å². The Kier molecular flexibility index (Phi) is 2.77. The molecule has 7 nitrogen and oxygen atoms in total. The summed E-state index contributed by atoms with van der Waals surface area (Å²) in [4.78, 5) is 14.0. The van der Waals surface area contributed by atoms with Crippen LogP contribution in [0.15, 0.2) is 30.7 Å². The molecule has 2 aromatic rings. The summed E-state index contributed by atoms with van der Waals surface area (Å²) in [5.74, 6) is -0.135. The molecular formula is C9H9N5O2. The first kappa shape index (κ1) is 10.1. The smallest absolute Gasteiger partial charge is 0.366 e. The number of nitro groups is 1. The van der Waals surface area contributed by atoms with Crippen LogP contribution in [-0.2, 0) is 6.54 Å². The highest BCUT2D eigenvalue weighted by Gasteiger charge is 2.13. The van der Waals surface area contributed by atoms with E-state index in [0.717, 1.165) is 5.56 Å². The molecular weight excluding hydrogens is 210 g/mol. The Morgan fingerprint density at radius 2 is 2.38 bits per heavy atom.